The lowest BCUT2D eigenvalue weighted by Gasteiger charge is -2.21. The highest BCUT2D eigenvalue weighted by Gasteiger charge is 2.41. The summed E-state index contributed by atoms with van der Waals surface area (Å²) in [5.74, 6) is 0.130. The lowest BCUT2D eigenvalue weighted by molar-refractivity contribution is 0.0968. The van der Waals surface area contributed by atoms with Gasteiger partial charge < -0.3 is 0 Å². The van der Waals surface area contributed by atoms with Crippen LogP contribution in [0.5, 0.6) is 0 Å². The van der Waals surface area contributed by atoms with Gasteiger partial charge in [0, 0.05) is 11.5 Å². The van der Waals surface area contributed by atoms with Gasteiger partial charge in [-0.2, -0.15) is 0 Å². The zero-order valence-electron chi connectivity index (χ0n) is 14.3. The van der Waals surface area contributed by atoms with Gasteiger partial charge in [0.2, 0.25) is 0 Å². The molecule has 0 aliphatic heterocycles. The summed E-state index contributed by atoms with van der Waals surface area (Å²) in [6.45, 7) is 0. The van der Waals surface area contributed by atoms with E-state index in [1.165, 1.54) is 16.3 Å². The standard InChI is InChI=1S/C25H18O/c26-25-22-13-7-6-12-21(22)23(18-9-2-1-3-10-18)24(25)20-15-14-17-8-4-5-11-19(17)16-20/h1-16,23-24H/t23-,24+/m0/s1. The third-order valence-electron chi connectivity index (χ3n) is 5.47. The summed E-state index contributed by atoms with van der Waals surface area (Å²) in [7, 11) is 0. The molecule has 4 aromatic rings. The van der Waals surface area contributed by atoms with Crippen LogP contribution in [0.4, 0.5) is 0 Å². The van der Waals surface area contributed by atoms with Crippen molar-refractivity contribution in [1.82, 2.24) is 0 Å². The first-order chi connectivity index (χ1) is 12.8. The highest BCUT2D eigenvalue weighted by atomic mass is 16.1. The van der Waals surface area contributed by atoms with Crippen molar-refractivity contribution >= 4 is 16.6 Å². The largest absolute Gasteiger partial charge is 0.293 e. The molecule has 0 fully saturated rings. The molecule has 124 valence electrons. The number of fused-ring (bicyclic) bond motifs is 2. The van der Waals surface area contributed by atoms with Crippen LogP contribution in [0.2, 0.25) is 0 Å². The Bertz CT molecular complexity index is 1110. The van der Waals surface area contributed by atoms with Crippen LogP contribution in [0.3, 0.4) is 0 Å². The molecule has 0 spiro atoms. The van der Waals surface area contributed by atoms with Gasteiger partial charge in [0.15, 0.2) is 5.78 Å². The van der Waals surface area contributed by atoms with E-state index in [1.807, 2.05) is 36.4 Å². The van der Waals surface area contributed by atoms with Crippen LogP contribution in [0, 0.1) is 0 Å². The van der Waals surface area contributed by atoms with Gasteiger partial charge in [-0.25, -0.2) is 0 Å². The highest BCUT2D eigenvalue weighted by molar-refractivity contribution is 6.07. The van der Waals surface area contributed by atoms with E-state index in [4.69, 9.17) is 0 Å². The molecule has 2 atom stereocenters. The Morgan fingerprint density at radius 2 is 1.23 bits per heavy atom. The number of Topliss-reactive ketones (excluding diaryl/α,β-unsaturated/α-hetero) is 1. The molecule has 0 saturated carbocycles. The smallest absolute Gasteiger partial charge is 0.171 e. The fourth-order valence-electron chi connectivity index (χ4n) is 4.27. The monoisotopic (exact) mass is 334 g/mol. The molecule has 1 nitrogen and oxygen atoms in total. The SMILES string of the molecule is O=C1c2ccccc2[C@H](c2ccccc2)[C@H]1c1ccc2ccccc2c1. The van der Waals surface area contributed by atoms with E-state index in [2.05, 4.69) is 60.7 Å². The van der Waals surface area contributed by atoms with Gasteiger partial charge in [-0.3, -0.25) is 4.79 Å². The number of carbonyl (C=O) groups is 1. The molecule has 0 radical (unpaired) electrons. The van der Waals surface area contributed by atoms with Crippen LogP contribution in [0.1, 0.15) is 38.9 Å². The summed E-state index contributed by atoms with van der Waals surface area (Å²) in [6.07, 6.45) is 0. The third kappa shape index (κ3) is 2.28. The molecule has 0 N–H and O–H groups in total. The molecule has 26 heavy (non-hydrogen) atoms. The summed E-state index contributed by atoms with van der Waals surface area (Å²) in [4.78, 5) is 13.3. The minimum Gasteiger partial charge on any atom is -0.293 e. The van der Waals surface area contributed by atoms with E-state index in [1.54, 1.807) is 0 Å². The second kappa shape index (κ2) is 5.96. The van der Waals surface area contributed by atoms with Gasteiger partial charge in [0.05, 0.1) is 5.92 Å². The number of hydrogen-bond acceptors (Lipinski definition) is 1. The van der Waals surface area contributed by atoms with E-state index in [-0.39, 0.29) is 17.6 Å². The van der Waals surface area contributed by atoms with Gasteiger partial charge >= 0.3 is 0 Å². The molecular formula is C25H18O. The predicted octanol–water partition coefficient (Wildman–Crippen LogP) is 5.95. The lowest BCUT2D eigenvalue weighted by Crippen LogP contribution is -2.13. The quantitative estimate of drug-likeness (QED) is 0.442. The van der Waals surface area contributed by atoms with Gasteiger partial charge in [-0.05, 0) is 27.5 Å². The van der Waals surface area contributed by atoms with Gasteiger partial charge in [0.1, 0.15) is 0 Å². The Balaban J connectivity index is 1.72. The van der Waals surface area contributed by atoms with Crippen LogP contribution in [-0.4, -0.2) is 5.78 Å². The molecule has 0 aromatic heterocycles. The molecular weight excluding hydrogens is 316 g/mol. The maximum atomic E-state index is 13.3. The Labute approximate surface area is 152 Å². The minimum atomic E-state index is -0.167. The van der Waals surface area contributed by atoms with Crippen molar-refractivity contribution < 1.29 is 4.79 Å². The summed E-state index contributed by atoms with van der Waals surface area (Å²) in [6, 6.07) is 33.2. The van der Waals surface area contributed by atoms with Gasteiger partial charge in [-0.15, -0.1) is 0 Å². The Morgan fingerprint density at radius 1 is 0.538 bits per heavy atom. The van der Waals surface area contributed by atoms with Gasteiger partial charge in [0.25, 0.3) is 0 Å². The fourth-order valence-corrected chi connectivity index (χ4v) is 4.27. The van der Waals surface area contributed by atoms with Gasteiger partial charge in [-0.1, -0.05) is 97.1 Å². The summed E-state index contributed by atoms with van der Waals surface area (Å²) < 4.78 is 0. The van der Waals surface area contributed by atoms with Crippen molar-refractivity contribution in [2.24, 2.45) is 0 Å². The first-order valence-corrected chi connectivity index (χ1v) is 9.00. The normalized spacial score (nSPS) is 18.8. The number of ketones is 1. The number of carbonyl (C=O) groups excluding carboxylic acids is 1. The van der Waals surface area contributed by atoms with Crippen molar-refractivity contribution in [1.29, 1.82) is 0 Å². The second-order valence-corrected chi connectivity index (χ2v) is 6.92. The Kier molecular flexibility index (Phi) is 3.46. The lowest BCUT2D eigenvalue weighted by atomic mass is 9.81. The topological polar surface area (TPSA) is 17.1 Å². The summed E-state index contributed by atoms with van der Waals surface area (Å²) in [5.41, 5.74) is 4.30. The van der Waals surface area contributed by atoms with Crippen LogP contribution < -0.4 is 0 Å². The first kappa shape index (κ1) is 15.1. The molecule has 0 bridgehead atoms. The summed E-state index contributed by atoms with van der Waals surface area (Å²) in [5, 5.41) is 2.39. The van der Waals surface area contributed by atoms with E-state index in [0.29, 0.717) is 0 Å². The average Bonchev–Trinajstić information content (AvgIpc) is 3.01. The molecule has 0 amide bonds. The zero-order valence-corrected chi connectivity index (χ0v) is 14.3. The maximum absolute atomic E-state index is 13.3. The summed E-state index contributed by atoms with van der Waals surface area (Å²) >= 11 is 0. The Morgan fingerprint density at radius 3 is 2.08 bits per heavy atom. The van der Waals surface area contributed by atoms with Crippen LogP contribution >= 0.6 is 0 Å². The van der Waals surface area contributed by atoms with Crippen LogP contribution in [0.25, 0.3) is 10.8 Å². The highest BCUT2D eigenvalue weighted by Crippen LogP contribution is 2.47. The second-order valence-electron chi connectivity index (χ2n) is 6.92. The zero-order chi connectivity index (χ0) is 17.5. The van der Waals surface area contributed by atoms with Crippen LogP contribution in [0.15, 0.2) is 97.1 Å². The third-order valence-corrected chi connectivity index (χ3v) is 5.47. The van der Waals surface area contributed by atoms with Crippen LogP contribution in [-0.2, 0) is 0 Å². The molecule has 0 saturated heterocycles. The van der Waals surface area contributed by atoms with Crippen molar-refractivity contribution in [2.45, 2.75) is 11.8 Å². The number of hydrogen-bond donors (Lipinski definition) is 0. The van der Waals surface area contributed by atoms with Crippen molar-refractivity contribution in [3.05, 3.63) is 119 Å². The number of benzene rings is 4. The maximum Gasteiger partial charge on any atom is 0.171 e. The van der Waals surface area contributed by atoms with E-state index in [0.717, 1.165) is 16.7 Å². The molecule has 0 heterocycles. The first-order valence-electron chi connectivity index (χ1n) is 9.00. The molecule has 0 unspecified atom stereocenters. The predicted molar refractivity (Wildman–Crippen MR) is 106 cm³/mol. The molecule has 1 aliphatic carbocycles. The fraction of sp³-hybridized carbons (Fsp3) is 0.0800. The molecule has 1 heteroatoms. The van der Waals surface area contributed by atoms with E-state index >= 15 is 0 Å². The molecule has 5 rings (SSSR count). The van der Waals surface area contributed by atoms with Crippen molar-refractivity contribution in [2.75, 3.05) is 0 Å². The Hall–Kier alpha value is -3.19. The molecule has 1 aliphatic rings. The van der Waals surface area contributed by atoms with Crippen molar-refractivity contribution in [3.63, 3.8) is 0 Å². The van der Waals surface area contributed by atoms with Crippen molar-refractivity contribution in [3.8, 4) is 0 Å². The average molecular weight is 334 g/mol. The minimum absolute atomic E-state index is 0.0704. The number of rotatable bonds is 2. The van der Waals surface area contributed by atoms with E-state index < -0.39 is 0 Å². The van der Waals surface area contributed by atoms with E-state index in [9.17, 15) is 4.79 Å². The molecule has 4 aromatic carbocycles.